The topological polar surface area (TPSA) is 46.2 Å². The number of hydrogen-bond donors (Lipinski definition) is 1. The molecule has 3 nitrogen and oxygen atoms in total. The van der Waals surface area contributed by atoms with E-state index in [1.807, 2.05) is 13.8 Å². The van der Waals surface area contributed by atoms with Gasteiger partial charge in [-0.1, -0.05) is 0 Å². The van der Waals surface area contributed by atoms with Crippen molar-refractivity contribution in [1.82, 2.24) is 0 Å². The number of rotatable bonds is 2. The number of nitrogens with one attached hydrogen (secondary N) is 1. The second kappa shape index (κ2) is 4.05. The van der Waals surface area contributed by atoms with Crippen LogP contribution in [0.25, 0.3) is 0 Å². The fourth-order valence-electron chi connectivity index (χ4n) is 1.23. The first-order chi connectivity index (χ1) is 6.54. The molecule has 1 aromatic carbocycles. The van der Waals surface area contributed by atoms with Gasteiger partial charge in [-0.15, -0.1) is 0 Å². The van der Waals surface area contributed by atoms with Crippen molar-refractivity contribution in [3.8, 4) is 0 Å². The van der Waals surface area contributed by atoms with E-state index >= 15 is 0 Å². The van der Waals surface area contributed by atoms with Gasteiger partial charge in [-0.2, -0.15) is 0 Å². The molecule has 3 heteroatoms. The Bertz CT molecular complexity index is 383. The van der Waals surface area contributed by atoms with Crippen LogP contribution in [0, 0.1) is 13.8 Å². The molecular weight excluding hydrogens is 178 g/mol. The Morgan fingerprint density at radius 1 is 1.29 bits per heavy atom. The Kier molecular flexibility index (Phi) is 3.02. The first-order valence-corrected chi connectivity index (χ1v) is 4.38. The molecule has 1 rings (SSSR count). The summed E-state index contributed by atoms with van der Waals surface area (Å²) in [5, 5.41) is 2.62. The largest absolute Gasteiger partial charge is 0.326 e. The Hall–Kier alpha value is -1.64. The first-order valence-electron chi connectivity index (χ1n) is 4.38. The van der Waals surface area contributed by atoms with E-state index in [0.717, 1.165) is 17.4 Å². The molecule has 0 aliphatic carbocycles. The highest BCUT2D eigenvalue weighted by Crippen LogP contribution is 2.19. The molecule has 74 valence electrons. The van der Waals surface area contributed by atoms with Gasteiger partial charge in [0.2, 0.25) is 5.91 Å². The molecule has 0 aliphatic heterocycles. The summed E-state index contributed by atoms with van der Waals surface area (Å²) in [7, 11) is 0. The predicted octanol–water partition coefficient (Wildman–Crippen LogP) is 2.07. The number of hydrogen-bond acceptors (Lipinski definition) is 2. The van der Waals surface area contributed by atoms with Crippen LogP contribution >= 0.6 is 0 Å². The lowest BCUT2D eigenvalue weighted by atomic mass is 10.0. The van der Waals surface area contributed by atoms with Gasteiger partial charge in [0.1, 0.15) is 0 Å². The smallest absolute Gasteiger partial charge is 0.221 e. The van der Waals surface area contributed by atoms with Crippen LogP contribution in [0.4, 0.5) is 5.69 Å². The second-order valence-corrected chi connectivity index (χ2v) is 3.32. The molecule has 0 unspecified atom stereocenters. The maximum atomic E-state index is 10.9. The molecule has 14 heavy (non-hydrogen) atoms. The molecule has 1 N–H and O–H groups in total. The minimum atomic E-state index is -0.170. The molecule has 0 aliphatic rings. The molecule has 0 heterocycles. The summed E-state index contributed by atoms with van der Waals surface area (Å²) in [5.74, 6) is -0.170. The van der Waals surface area contributed by atoms with Crippen LogP contribution in [0.3, 0.4) is 0 Å². The molecule has 0 radical (unpaired) electrons. The summed E-state index contributed by atoms with van der Waals surface area (Å²) in [6.45, 7) is 5.29. The van der Waals surface area contributed by atoms with E-state index in [-0.39, 0.29) is 5.91 Å². The van der Waals surface area contributed by atoms with E-state index in [2.05, 4.69) is 5.32 Å². The monoisotopic (exact) mass is 191 g/mol. The van der Waals surface area contributed by atoms with Gasteiger partial charge < -0.3 is 5.32 Å². The fraction of sp³-hybridized carbons (Fsp3) is 0.273. The highest BCUT2D eigenvalue weighted by Gasteiger charge is 2.05. The molecule has 0 fully saturated rings. The number of carbonyl (C=O) groups is 2. The summed E-state index contributed by atoms with van der Waals surface area (Å²) in [6.07, 6.45) is 0.748. The van der Waals surface area contributed by atoms with Crippen LogP contribution in [0.5, 0.6) is 0 Å². The van der Waals surface area contributed by atoms with Gasteiger partial charge in [0.05, 0.1) is 5.69 Å². The molecule has 0 saturated heterocycles. The van der Waals surface area contributed by atoms with Gasteiger partial charge >= 0.3 is 0 Å². The van der Waals surface area contributed by atoms with Gasteiger partial charge in [-0.05, 0) is 37.1 Å². The number of aryl methyl sites for hydroxylation is 2. The predicted molar refractivity (Wildman–Crippen MR) is 55.6 cm³/mol. The summed E-state index contributed by atoms with van der Waals surface area (Å²) in [4.78, 5) is 21.6. The first kappa shape index (κ1) is 10.4. The molecule has 1 amide bonds. The minimum absolute atomic E-state index is 0.170. The number of aldehydes is 1. The molecule has 1 aromatic rings. The summed E-state index contributed by atoms with van der Waals surface area (Å²) >= 11 is 0. The third kappa shape index (κ3) is 2.19. The van der Waals surface area contributed by atoms with Crippen LogP contribution in [-0.2, 0) is 4.79 Å². The zero-order valence-corrected chi connectivity index (χ0v) is 8.55. The number of anilines is 1. The molecule has 0 aromatic heterocycles. The number of amides is 1. The number of carbonyl (C=O) groups excluding carboxylic acids is 2. The summed E-state index contributed by atoms with van der Waals surface area (Å²) < 4.78 is 0. The van der Waals surface area contributed by atoms with Crippen molar-refractivity contribution in [1.29, 1.82) is 0 Å². The van der Waals surface area contributed by atoms with Crippen LogP contribution in [-0.4, -0.2) is 12.2 Å². The van der Waals surface area contributed by atoms with E-state index in [1.54, 1.807) is 12.1 Å². The zero-order chi connectivity index (χ0) is 10.7. The molecule has 0 saturated carbocycles. The van der Waals surface area contributed by atoms with E-state index in [1.165, 1.54) is 6.92 Å². The van der Waals surface area contributed by atoms with Crippen LogP contribution in [0.2, 0.25) is 0 Å². The van der Waals surface area contributed by atoms with Crippen LogP contribution in [0.15, 0.2) is 12.1 Å². The Morgan fingerprint density at radius 3 is 2.36 bits per heavy atom. The van der Waals surface area contributed by atoms with Gasteiger partial charge in [0.15, 0.2) is 6.29 Å². The van der Waals surface area contributed by atoms with Gasteiger partial charge in [0, 0.05) is 12.5 Å². The molecule has 0 atom stereocenters. The third-order valence-electron chi connectivity index (χ3n) is 2.10. The SMILES string of the molecule is CC(=O)Nc1cc(C)c(C)cc1C=O. The maximum absolute atomic E-state index is 10.9. The van der Waals surface area contributed by atoms with E-state index in [4.69, 9.17) is 0 Å². The average molecular weight is 191 g/mol. The highest BCUT2D eigenvalue weighted by atomic mass is 16.1. The zero-order valence-electron chi connectivity index (χ0n) is 8.55. The summed E-state index contributed by atoms with van der Waals surface area (Å²) in [6, 6.07) is 3.58. The van der Waals surface area contributed by atoms with Gasteiger partial charge in [-0.3, -0.25) is 9.59 Å². The van der Waals surface area contributed by atoms with Crippen molar-refractivity contribution >= 4 is 17.9 Å². The highest BCUT2D eigenvalue weighted by molar-refractivity contribution is 5.95. The average Bonchev–Trinajstić information content (AvgIpc) is 2.10. The van der Waals surface area contributed by atoms with Crippen LogP contribution in [0.1, 0.15) is 28.4 Å². The molecular formula is C11H13NO2. The Morgan fingerprint density at radius 2 is 1.86 bits per heavy atom. The van der Waals surface area contributed by atoms with E-state index < -0.39 is 0 Å². The normalized spacial score (nSPS) is 9.64. The van der Waals surface area contributed by atoms with Crippen molar-refractivity contribution in [2.45, 2.75) is 20.8 Å². The van der Waals surface area contributed by atoms with Crippen LogP contribution < -0.4 is 5.32 Å². The Labute approximate surface area is 83.1 Å². The van der Waals surface area contributed by atoms with Crippen molar-refractivity contribution < 1.29 is 9.59 Å². The van der Waals surface area contributed by atoms with Crippen molar-refractivity contribution in [2.24, 2.45) is 0 Å². The Balaban J connectivity index is 3.19. The second-order valence-electron chi connectivity index (χ2n) is 3.32. The van der Waals surface area contributed by atoms with E-state index in [9.17, 15) is 9.59 Å². The quantitative estimate of drug-likeness (QED) is 0.727. The fourth-order valence-corrected chi connectivity index (χ4v) is 1.23. The minimum Gasteiger partial charge on any atom is -0.326 e. The lowest BCUT2D eigenvalue weighted by Crippen LogP contribution is -2.08. The standard InChI is InChI=1S/C11H13NO2/c1-7-4-10(6-13)11(5-8(7)2)12-9(3)14/h4-6H,1-3H3,(H,12,14). The van der Waals surface area contributed by atoms with Crippen molar-refractivity contribution in [3.63, 3.8) is 0 Å². The van der Waals surface area contributed by atoms with Crippen molar-refractivity contribution in [3.05, 3.63) is 28.8 Å². The van der Waals surface area contributed by atoms with Gasteiger partial charge in [-0.25, -0.2) is 0 Å². The summed E-state index contributed by atoms with van der Waals surface area (Å²) in [5.41, 5.74) is 3.19. The maximum Gasteiger partial charge on any atom is 0.221 e. The van der Waals surface area contributed by atoms with Crippen molar-refractivity contribution in [2.75, 3.05) is 5.32 Å². The molecule has 0 spiro atoms. The van der Waals surface area contributed by atoms with Gasteiger partial charge in [0.25, 0.3) is 0 Å². The third-order valence-corrected chi connectivity index (χ3v) is 2.10. The molecule has 0 bridgehead atoms. The number of benzene rings is 1. The van der Waals surface area contributed by atoms with E-state index in [0.29, 0.717) is 11.3 Å². The lowest BCUT2D eigenvalue weighted by molar-refractivity contribution is -0.114. The lowest BCUT2D eigenvalue weighted by Gasteiger charge is -2.08.